The number of aromatic nitrogens is 3. The van der Waals surface area contributed by atoms with Gasteiger partial charge in [0.25, 0.3) is 5.91 Å². The molecule has 0 aliphatic rings. The second kappa shape index (κ2) is 6.65. The number of nitrogens with one attached hydrogen (secondary N) is 2. The summed E-state index contributed by atoms with van der Waals surface area (Å²) in [6.45, 7) is 7.76. The summed E-state index contributed by atoms with van der Waals surface area (Å²) in [5.41, 5.74) is -0.128. The summed E-state index contributed by atoms with van der Waals surface area (Å²) in [6, 6.07) is 0. The van der Waals surface area contributed by atoms with Crippen molar-refractivity contribution < 1.29 is 4.79 Å². The molecule has 1 aromatic rings. The summed E-state index contributed by atoms with van der Waals surface area (Å²) >= 11 is 0. The molecule has 0 saturated carbocycles. The van der Waals surface area contributed by atoms with Gasteiger partial charge in [0.15, 0.2) is 0 Å². The van der Waals surface area contributed by atoms with E-state index in [4.69, 9.17) is 0 Å². The molecule has 0 aliphatic heterocycles. The first kappa shape index (κ1) is 15.6. The van der Waals surface area contributed by atoms with Crippen LogP contribution in [0, 0.1) is 0 Å². The van der Waals surface area contributed by atoms with Gasteiger partial charge in [-0.25, -0.2) is 4.98 Å². The second-order valence-corrected chi connectivity index (χ2v) is 6.02. The minimum atomic E-state index is -0.211. The summed E-state index contributed by atoms with van der Waals surface area (Å²) in [5, 5.41) is 9.60. The number of aromatic amines is 1. The van der Waals surface area contributed by atoms with Crippen molar-refractivity contribution >= 4 is 5.91 Å². The molecular formula is C13H25N5O. The highest BCUT2D eigenvalue weighted by molar-refractivity contribution is 5.90. The van der Waals surface area contributed by atoms with Crippen LogP contribution in [0.1, 0.15) is 50.1 Å². The number of unbranched alkanes of at least 4 members (excludes halogenated alkanes) is 1. The molecule has 1 heterocycles. The van der Waals surface area contributed by atoms with E-state index in [0.29, 0.717) is 6.54 Å². The van der Waals surface area contributed by atoms with Gasteiger partial charge in [-0.05, 0) is 33.5 Å². The number of nitrogens with zero attached hydrogens (tertiary/aromatic N) is 3. The predicted octanol–water partition coefficient (Wildman–Crippen LogP) is 1.17. The van der Waals surface area contributed by atoms with Crippen LogP contribution in [-0.4, -0.2) is 53.2 Å². The van der Waals surface area contributed by atoms with Gasteiger partial charge in [0, 0.05) is 12.0 Å². The van der Waals surface area contributed by atoms with Gasteiger partial charge in [0.05, 0.1) is 0 Å². The first-order chi connectivity index (χ1) is 8.80. The van der Waals surface area contributed by atoms with Crippen LogP contribution in [0.25, 0.3) is 0 Å². The highest BCUT2D eigenvalue weighted by Crippen LogP contribution is 2.17. The molecule has 0 atom stereocenters. The van der Waals surface area contributed by atoms with Gasteiger partial charge in [0.2, 0.25) is 5.82 Å². The zero-order valence-electron chi connectivity index (χ0n) is 12.6. The third-order valence-electron chi connectivity index (χ3n) is 2.72. The number of carbonyl (C=O) groups excluding carboxylic acids is 1. The van der Waals surface area contributed by atoms with Gasteiger partial charge >= 0.3 is 0 Å². The first-order valence-electron chi connectivity index (χ1n) is 6.66. The van der Waals surface area contributed by atoms with Crippen molar-refractivity contribution in [2.75, 3.05) is 27.2 Å². The molecule has 19 heavy (non-hydrogen) atoms. The minimum Gasteiger partial charge on any atom is -0.349 e. The molecule has 1 amide bonds. The smallest absolute Gasteiger partial charge is 0.290 e. The van der Waals surface area contributed by atoms with Gasteiger partial charge in [-0.1, -0.05) is 20.8 Å². The lowest BCUT2D eigenvalue weighted by molar-refractivity contribution is 0.0942. The summed E-state index contributed by atoms with van der Waals surface area (Å²) in [6.07, 6.45) is 2.02. The van der Waals surface area contributed by atoms with Crippen LogP contribution in [0.15, 0.2) is 0 Å². The lowest BCUT2D eigenvalue weighted by Crippen LogP contribution is -2.26. The maximum atomic E-state index is 11.8. The van der Waals surface area contributed by atoms with Gasteiger partial charge < -0.3 is 10.2 Å². The number of H-pyrrole nitrogens is 1. The Bertz CT molecular complexity index is 405. The molecule has 0 unspecified atom stereocenters. The Balaban J connectivity index is 2.36. The van der Waals surface area contributed by atoms with E-state index >= 15 is 0 Å². The molecule has 2 N–H and O–H groups in total. The third-order valence-corrected chi connectivity index (χ3v) is 2.72. The Morgan fingerprint density at radius 3 is 2.53 bits per heavy atom. The van der Waals surface area contributed by atoms with E-state index in [1.54, 1.807) is 0 Å². The van der Waals surface area contributed by atoms with Crippen molar-refractivity contribution in [3.63, 3.8) is 0 Å². The fourth-order valence-electron chi connectivity index (χ4n) is 1.53. The maximum absolute atomic E-state index is 11.8. The van der Waals surface area contributed by atoms with Gasteiger partial charge in [0.1, 0.15) is 5.82 Å². The summed E-state index contributed by atoms with van der Waals surface area (Å²) in [5.74, 6) is 0.736. The minimum absolute atomic E-state index is 0.128. The van der Waals surface area contributed by atoms with Gasteiger partial charge in [-0.3, -0.25) is 9.89 Å². The molecule has 6 heteroatoms. The Morgan fingerprint density at radius 2 is 2.00 bits per heavy atom. The zero-order chi connectivity index (χ0) is 14.5. The number of carbonyl (C=O) groups is 1. The van der Waals surface area contributed by atoms with Crippen molar-refractivity contribution in [3.05, 3.63) is 11.6 Å². The Kier molecular flexibility index (Phi) is 5.47. The lowest BCUT2D eigenvalue weighted by Gasteiger charge is -2.12. The first-order valence-corrected chi connectivity index (χ1v) is 6.66. The van der Waals surface area contributed by atoms with Crippen LogP contribution in [0.5, 0.6) is 0 Å². The van der Waals surface area contributed by atoms with Crippen LogP contribution < -0.4 is 5.32 Å². The quantitative estimate of drug-likeness (QED) is 0.759. The highest BCUT2D eigenvalue weighted by atomic mass is 16.2. The van der Waals surface area contributed by atoms with E-state index in [1.807, 2.05) is 34.9 Å². The SMILES string of the molecule is CN(C)CCCCNC(=O)c1n[nH]c(C(C)(C)C)n1. The largest absolute Gasteiger partial charge is 0.349 e. The molecule has 0 saturated heterocycles. The van der Waals surface area contributed by atoms with Crippen molar-refractivity contribution in [1.82, 2.24) is 25.4 Å². The maximum Gasteiger partial charge on any atom is 0.290 e. The molecule has 1 rings (SSSR count). The molecule has 6 nitrogen and oxygen atoms in total. The Morgan fingerprint density at radius 1 is 1.32 bits per heavy atom. The molecule has 0 bridgehead atoms. The van der Waals surface area contributed by atoms with Crippen LogP contribution in [-0.2, 0) is 5.41 Å². The number of rotatable bonds is 6. The van der Waals surface area contributed by atoms with Crippen molar-refractivity contribution in [2.45, 2.75) is 39.0 Å². The van der Waals surface area contributed by atoms with Crippen molar-refractivity contribution in [1.29, 1.82) is 0 Å². The summed E-state index contributed by atoms with van der Waals surface area (Å²) in [7, 11) is 4.08. The van der Waals surface area contributed by atoms with E-state index in [1.165, 1.54) is 0 Å². The highest BCUT2D eigenvalue weighted by Gasteiger charge is 2.20. The fraction of sp³-hybridized carbons (Fsp3) is 0.769. The molecule has 0 fully saturated rings. The van der Waals surface area contributed by atoms with E-state index in [0.717, 1.165) is 25.2 Å². The molecule has 108 valence electrons. The lowest BCUT2D eigenvalue weighted by atomic mass is 9.96. The van der Waals surface area contributed by atoms with Gasteiger partial charge in [-0.15, -0.1) is 5.10 Å². The van der Waals surface area contributed by atoms with Crippen LogP contribution in [0.4, 0.5) is 0 Å². The topological polar surface area (TPSA) is 73.9 Å². The fourth-order valence-corrected chi connectivity index (χ4v) is 1.53. The average molecular weight is 267 g/mol. The third kappa shape index (κ3) is 5.38. The van der Waals surface area contributed by atoms with E-state index in [9.17, 15) is 4.79 Å². The normalized spacial score (nSPS) is 11.9. The van der Waals surface area contributed by atoms with Crippen LogP contribution in [0.2, 0.25) is 0 Å². The Labute approximate surface area is 115 Å². The van der Waals surface area contributed by atoms with Crippen molar-refractivity contribution in [2.24, 2.45) is 0 Å². The van der Waals surface area contributed by atoms with Crippen LogP contribution in [0.3, 0.4) is 0 Å². The standard InChI is InChI=1S/C13H25N5O/c1-13(2,3)12-15-10(16-17-12)11(19)14-8-6-7-9-18(4)5/h6-9H2,1-5H3,(H,14,19)(H,15,16,17). The molecule has 0 radical (unpaired) electrons. The predicted molar refractivity (Wildman–Crippen MR) is 75.2 cm³/mol. The summed E-state index contributed by atoms with van der Waals surface area (Å²) < 4.78 is 0. The van der Waals surface area contributed by atoms with Gasteiger partial charge in [-0.2, -0.15) is 0 Å². The van der Waals surface area contributed by atoms with E-state index in [2.05, 4.69) is 25.4 Å². The summed E-state index contributed by atoms with van der Waals surface area (Å²) in [4.78, 5) is 18.2. The number of amides is 1. The monoisotopic (exact) mass is 267 g/mol. The molecule has 0 aromatic carbocycles. The number of hydrogen-bond donors (Lipinski definition) is 2. The van der Waals surface area contributed by atoms with E-state index in [-0.39, 0.29) is 17.1 Å². The average Bonchev–Trinajstić information content (AvgIpc) is 2.76. The second-order valence-electron chi connectivity index (χ2n) is 6.02. The number of hydrogen-bond acceptors (Lipinski definition) is 4. The Hall–Kier alpha value is -1.43. The molecular weight excluding hydrogens is 242 g/mol. The van der Waals surface area contributed by atoms with Crippen molar-refractivity contribution in [3.8, 4) is 0 Å². The van der Waals surface area contributed by atoms with E-state index < -0.39 is 0 Å². The molecule has 0 aliphatic carbocycles. The zero-order valence-corrected chi connectivity index (χ0v) is 12.6. The molecule has 1 aromatic heterocycles. The molecule has 0 spiro atoms. The van der Waals surface area contributed by atoms with Crippen LogP contribution >= 0.6 is 0 Å².